The molecule has 1 aliphatic heterocycles. The van der Waals surface area contributed by atoms with E-state index in [0.29, 0.717) is 42.8 Å². The smallest absolute Gasteiger partial charge is 0.321 e. The number of amides is 2. The number of carbonyl (C=O) groups excluding carboxylic acids is 1. The fourth-order valence-electron chi connectivity index (χ4n) is 4.76. The zero-order chi connectivity index (χ0) is 25.6. The number of nitrogens with one attached hydrogen (secondary N) is 1. The second-order valence-corrected chi connectivity index (χ2v) is 9.19. The van der Waals surface area contributed by atoms with Gasteiger partial charge in [0.25, 0.3) is 0 Å². The summed E-state index contributed by atoms with van der Waals surface area (Å²) in [6.07, 6.45) is 1.83. The molecular formula is C29H32N4O4. The topological polar surface area (TPSA) is 77.9 Å². The van der Waals surface area contributed by atoms with Gasteiger partial charge in [0.2, 0.25) is 0 Å². The molecule has 0 atom stereocenters. The molecule has 0 bridgehead atoms. The lowest BCUT2D eigenvalue weighted by Crippen LogP contribution is -2.41. The Labute approximate surface area is 216 Å². The number of para-hydroxylation sites is 3. The monoisotopic (exact) mass is 500 g/mol. The highest BCUT2D eigenvalue weighted by atomic mass is 16.5. The number of urea groups is 1. The Morgan fingerprint density at radius 2 is 1.59 bits per heavy atom. The predicted molar refractivity (Wildman–Crippen MR) is 143 cm³/mol. The molecule has 8 nitrogen and oxygen atoms in total. The van der Waals surface area contributed by atoms with Crippen molar-refractivity contribution in [3.63, 3.8) is 0 Å². The van der Waals surface area contributed by atoms with Crippen LogP contribution in [0.1, 0.15) is 18.7 Å². The minimum absolute atomic E-state index is 0.112. The number of nitrogens with zero attached hydrogens (tertiary/aromatic N) is 3. The number of ether oxygens (including phenoxy) is 3. The highest BCUT2D eigenvalue weighted by molar-refractivity contribution is 5.90. The molecule has 0 spiro atoms. The third-order valence-corrected chi connectivity index (χ3v) is 6.79. The van der Waals surface area contributed by atoms with Crippen molar-refractivity contribution < 1.29 is 19.0 Å². The molecule has 0 aliphatic carbocycles. The van der Waals surface area contributed by atoms with Crippen molar-refractivity contribution >= 4 is 22.8 Å². The van der Waals surface area contributed by atoms with E-state index in [1.54, 1.807) is 32.4 Å². The van der Waals surface area contributed by atoms with Gasteiger partial charge < -0.3 is 29.0 Å². The number of imidazole rings is 1. The Hall–Kier alpha value is -4.20. The third kappa shape index (κ3) is 5.80. The third-order valence-electron chi connectivity index (χ3n) is 6.79. The van der Waals surface area contributed by atoms with Crippen LogP contribution in [0.2, 0.25) is 0 Å². The average Bonchev–Trinajstić information content (AvgIpc) is 3.29. The number of likely N-dealkylation sites (tertiary alicyclic amines) is 1. The van der Waals surface area contributed by atoms with E-state index in [1.165, 1.54) is 0 Å². The molecule has 0 unspecified atom stereocenters. The Bertz CT molecular complexity index is 1320. The zero-order valence-electron chi connectivity index (χ0n) is 21.2. The molecule has 5 rings (SSSR count). The summed E-state index contributed by atoms with van der Waals surface area (Å²) in [5, 5.41) is 2.98. The molecule has 192 valence electrons. The second kappa shape index (κ2) is 11.2. The fourth-order valence-corrected chi connectivity index (χ4v) is 4.76. The van der Waals surface area contributed by atoms with Gasteiger partial charge in [-0.1, -0.05) is 30.3 Å². The number of methoxy groups -OCH3 is 2. The summed E-state index contributed by atoms with van der Waals surface area (Å²) in [6, 6.07) is 23.3. The van der Waals surface area contributed by atoms with E-state index in [9.17, 15) is 4.79 Å². The lowest BCUT2D eigenvalue weighted by atomic mass is 9.96. The molecule has 8 heteroatoms. The van der Waals surface area contributed by atoms with Gasteiger partial charge in [-0.05, 0) is 43.0 Å². The molecule has 1 aromatic heterocycles. The van der Waals surface area contributed by atoms with Gasteiger partial charge >= 0.3 is 6.03 Å². The summed E-state index contributed by atoms with van der Waals surface area (Å²) in [6.45, 7) is 2.64. The van der Waals surface area contributed by atoms with Crippen molar-refractivity contribution in [1.82, 2.24) is 14.5 Å². The van der Waals surface area contributed by atoms with E-state index in [4.69, 9.17) is 19.2 Å². The van der Waals surface area contributed by atoms with Crippen LogP contribution in [-0.4, -0.2) is 47.8 Å². The first-order valence-electron chi connectivity index (χ1n) is 12.5. The highest BCUT2D eigenvalue weighted by Crippen LogP contribution is 2.28. The van der Waals surface area contributed by atoms with Crippen molar-refractivity contribution in [3.8, 4) is 17.2 Å². The lowest BCUT2D eigenvalue weighted by Gasteiger charge is -2.32. The van der Waals surface area contributed by atoms with Crippen LogP contribution in [0.4, 0.5) is 10.5 Å². The van der Waals surface area contributed by atoms with Crippen LogP contribution in [0.3, 0.4) is 0 Å². The fraction of sp³-hybridized carbons (Fsp3) is 0.310. The number of fused-ring (bicyclic) bond motifs is 1. The van der Waals surface area contributed by atoms with Gasteiger partial charge in [-0.15, -0.1) is 0 Å². The Morgan fingerprint density at radius 1 is 0.919 bits per heavy atom. The van der Waals surface area contributed by atoms with Gasteiger partial charge in [0, 0.05) is 43.5 Å². The number of carbonyl (C=O) groups is 1. The number of piperidine rings is 1. The maximum atomic E-state index is 12.9. The van der Waals surface area contributed by atoms with E-state index >= 15 is 0 Å². The van der Waals surface area contributed by atoms with E-state index in [2.05, 4.69) is 16.0 Å². The predicted octanol–water partition coefficient (Wildman–Crippen LogP) is 5.58. The first kappa shape index (κ1) is 24.5. The van der Waals surface area contributed by atoms with Crippen molar-refractivity contribution in [1.29, 1.82) is 0 Å². The quantitative estimate of drug-likeness (QED) is 0.342. The molecule has 1 N–H and O–H groups in total. The average molecular weight is 501 g/mol. The normalized spacial score (nSPS) is 13.9. The Balaban J connectivity index is 1.22. The molecule has 4 aromatic rings. The van der Waals surface area contributed by atoms with Crippen molar-refractivity contribution in [2.24, 2.45) is 5.92 Å². The largest absolute Gasteiger partial charge is 0.497 e. The van der Waals surface area contributed by atoms with Gasteiger partial charge in [0.1, 0.15) is 29.7 Å². The molecule has 1 aliphatic rings. The van der Waals surface area contributed by atoms with Crippen molar-refractivity contribution in [2.75, 3.05) is 32.6 Å². The van der Waals surface area contributed by atoms with Crippen LogP contribution in [0, 0.1) is 5.92 Å². The van der Waals surface area contributed by atoms with Crippen molar-refractivity contribution in [2.45, 2.75) is 26.0 Å². The van der Waals surface area contributed by atoms with Gasteiger partial charge in [-0.25, -0.2) is 9.78 Å². The first-order chi connectivity index (χ1) is 18.1. The molecule has 2 heterocycles. The summed E-state index contributed by atoms with van der Waals surface area (Å²) < 4.78 is 18.9. The van der Waals surface area contributed by atoms with Crippen LogP contribution in [0.25, 0.3) is 11.0 Å². The summed E-state index contributed by atoms with van der Waals surface area (Å²) in [4.78, 5) is 19.7. The van der Waals surface area contributed by atoms with Crippen molar-refractivity contribution in [3.05, 3.63) is 78.6 Å². The highest BCUT2D eigenvalue weighted by Gasteiger charge is 2.25. The van der Waals surface area contributed by atoms with E-state index in [0.717, 1.165) is 42.0 Å². The molecule has 2 amide bonds. The van der Waals surface area contributed by atoms with Gasteiger partial charge in [-0.2, -0.15) is 0 Å². The van der Waals surface area contributed by atoms with Gasteiger partial charge in [0.05, 0.1) is 25.3 Å². The van der Waals surface area contributed by atoms with E-state index in [1.807, 2.05) is 53.4 Å². The standard InChI is InChI=1S/C29H32N4O4/c1-35-24-16-22(17-25(18-24)36-2)30-29(34)32-14-12-21(13-15-32)19-33-27-11-7-6-10-26(27)31-28(33)20-37-23-8-4-3-5-9-23/h3-11,16-18,21H,12-15,19-20H2,1-2H3,(H,30,34). The summed E-state index contributed by atoms with van der Waals surface area (Å²) in [5.74, 6) is 3.45. The van der Waals surface area contributed by atoms with Crippen LogP contribution < -0.4 is 19.5 Å². The van der Waals surface area contributed by atoms with Gasteiger partial charge in [-0.3, -0.25) is 0 Å². The molecule has 0 radical (unpaired) electrons. The number of anilines is 1. The molecule has 37 heavy (non-hydrogen) atoms. The zero-order valence-corrected chi connectivity index (χ0v) is 21.2. The molecule has 3 aromatic carbocycles. The first-order valence-corrected chi connectivity index (χ1v) is 12.5. The number of aromatic nitrogens is 2. The summed E-state index contributed by atoms with van der Waals surface area (Å²) >= 11 is 0. The second-order valence-electron chi connectivity index (χ2n) is 9.19. The van der Waals surface area contributed by atoms with Crippen LogP contribution >= 0.6 is 0 Å². The number of hydrogen-bond donors (Lipinski definition) is 1. The Morgan fingerprint density at radius 3 is 2.30 bits per heavy atom. The number of benzene rings is 3. The van der Waals surface area contributed by atoms with Crippen LogP contribution in [-0.2, 0) is 13.2 Å². The Kier molecular flexibility index (Phi) is 7.44. The molecule has 1 saturated heterocycles. The number of rotatable bonds is 8. The summed E-state index contributed by atoms with van der Waals surface area (Å²) in [7, 11) is 3.18. The maximum Gasteiger partial charge on any atom is 0.321 e. The van der Waals surface area contributed by atoms with Gasteiger partial charge in [0.15, 0.2) is 0 Å². The molecular weight excluding hydrogens is 468 g/mol. The molecule has 0 saturated carbocycles. The lowest BCUT2D eigenvalue weighted by molar-refractivity contribution is 0.176. The summed E-state index contributed by atoms with van der Waals surface area (Å²) in [5.41, 5.74) is 2.73. The van der Waals surface area contributed by atoms with E-state index < -0.39 is 0 Å². The number of hydrogen-bond acceptors (Lipinski definition) is 5. The van der Waals surface area contributed by atoms with Crippen LogP contribution in [0.5, 0.6) is 17.2 Å². The SMILES string of the molecule is COc1cc(NC(=O)N2CCC(Cn3c(COc4ccccc4)nc4ccccc43)CC2)cc(OC)c1. The minimum atomic E-state index is -0.112. The van der Waals surface area contributed by atoms with Crippen LogP contribution in [0.15, 0.2) is 72.8 Å². The van der Waals surface area contributed by atoms with E-state index in [-0.39, 0.29) is 6.03 Å². The molecule has 1 fully saturated rings. The minimum Gasteiger partial charge on any atom is -0.497 e. The maximum absolute atomic E-state index is 12.9.